The van der Waals surface area contributed by atoms with Crippen molar-refractivity contribution in [2.45, 2.75) is 0 Å². The Labute approximate surface area is 144 Å². The van der Waals surface area contributed by atoms with Crippen LogP contribution in [-0.4, -0.2) is 18.7 Å². The van der Waals surface area contributed by atoms with Crippen LogP contribution in [0.3, 0.4) is 0 Å². The third-order valence-electron chi connectivity index (χ3n) is 2.42. The zero-order chi connectivity index (χ0) is 15.1. The van der Waals surface area contributed by atoms with Gasteiger partial charge in [0, 0.05) is 8.04 Å². The van der Waals surface area contributed by atoms with Gasteiger partial charge in [0.2, 0.25) is 0 Å². The molecule has 0 saturated heterocycles. The zero-order valence-electron chi connectivity index (χ0n) is 10.9. The average Bonchev–Trinajstić information content (AvgIpc) is 2.45. The van der Waals surface area contributed by atoms with E-state index in [1.807, 2.05) is 36.4 Å². The fraction of sp³-hybridized carbons (Fsp3) is 0.0667. The van der Waals surface area contributed by atoms with Crippen LogP contribution in [0.4, 0.5) is 0 Å². The van der Waals surface area contributed by atoms with Gasteiger partial charge in [0.15, 0.2) is 6.61 Å². The van der Waals surface area contributed by atoms with Crippen molar-refractivity contribution in [3.63, 3.8) is 0 Å². The normalized spacial score (nSPS) is 10.6. The maximum atomic E-state index is 11.6. The predicted molar refractivity (Wildman–Crippen MR) is 94.5 cm³/mol. The predicted octanol–water partition coefficient (Wildman–Crippen LogP) is 3.58. The molecule has 1 N–H and O–H groups in total. The Morgan fingerprint density at radius 2 is 2.10 bits per heavy atom. The highest BCUT2D eigenvalue weighted by atomic mass is 127. The van der Waals surface area contributed by atoms with Crippen LogP contribution >= 0.6 is 38.5 Å². The number of hydrogen-bond acceptors (Lipinski definition) is 3. The minimum atomic E-state index is -0.308. The minimum absolute atomic E-state index is 0.0832. The Morgan fingerprint density at radius 3 is 2.86 bits per heavy atom. The molecule has 108 valence electrons. The first-order valence-electron chi connectivity index (χ1n) is 6.09. The van der Waals surface area contributed by atoms with E-state index in [9.17, 15) is 4.79 Å². The first kappa shape index (κ1) is 16.0. The summed E-state index contributed by atoms with van der Waals surface area (Å²) in [4.78, 5) is 11.6. The molecule has 0 radical (unpaired) electrons. The summed E-state index contributed by atoms with van der Waals surface area (Å²) >= 11 is 5.56. The van der Waals surface area contributed by atoms with E-state index < -0.39 is 0 Å². The molecule has 0 spiro atoms. The molecule has 4 nitrogen and oxygen atoms in total. The minimum Gasteiger partial charge on any atom is -0.484 e. The monoisotopic (exact) mass is 458 g/mol. The van der Waals surface area contributed by atoms with Crippen LogP contribution in [-0.2, 0) is 4.79 Å². The SMILES string of the molecule is O=C(COc1cccc(Br)c1)NN=Cc1cccc(I)c1. The smallest absolute Gasteiger partial charge is 0.277 e. The van der Waals surface area contributed by atoms with Gasteiger partial charge in [-0.1, -0.05) is 34.1 Å². The van der Waals surface area contributed by atoms with E-state index in [2.05, 4.69) is 49.0 Å². The summed E-state index contributed by atoms with van der Waals surface area (Å²) in [5.74, 6) is 0.318. The summed E-state index contributed by atoms with van der Waals surface area (Å²) < 4.78 is 7.37. The lowest BCUT2D eigenvalue weighted by Crippen LogP contribution is -2.24. The molecule has 0 fully saturated rings. The van der Waals surface area contributed by atoms with Gasteiger partial charge in [-0.05, 0) is 58.5 Å². The summed E-state index contributed by atoms with van der Waals surface area (Å²) in [6.45, 7) is -0.0832. The van der Waals surface area contributed by atoms with Gasteiger partial charge in [0.05, 0.1) is 6.21 Å². The lowest BCUT2D eigenvalue weighted by molar-refractivity contribution is -0.123. The van der Waals surface area contributed by atoms with Gasteiger partial charge in [-0.15, -0.1) is 0 Å². The van der Waals surface area contributed by atoms with Crippen LogP contribution in [0, 0.1) is 3.57 Å². The number of amides is 1. The van der Waals surface area contributed by atoms with Crippen LogP contribution in [0.2, 0.25) is 0 Å². The van der Waals surface area contributed by atoms with Crippen molar-refractivity contribution >= 4 is 50.6 Å². The fourth-order valence-corrected chi connectivity index (χ4v) is 2.45. The number of carbonyl (C=O) groups excluding carboxylic acids is 1. The second-order valence-corrected chi connectivity index (χ2v) is 6.26. The number of nitrogens with one attached hydrogen (secondary N) is 1. The number of halogens is 2. The molecule has 0 saturated carbocycles. The number of ether oxygens (including phenoxy) is 1. The van der Waals surface area contributed by atoms with E-state index in [-0.39, 0.29) is 12.5 Å². The van der Waals surface area contributed by atoms with Crippen LogP contribution in [0.1, 0.15) is 5.56 Å². The Bertz CT molecular complexity index is 662. The molecule has 21 heavy (non-hydrogen) atoms. The van der Waals surface area contributed by atoms with Crippen LogP contribution in [0.15, 0.2) is 58.1 Å². The van der Waals surface area contributed by atoms with Gasteiger partial charge in [0.25, 0.3) is 5.91 Å². The quantitative estimate of drug-likeness (QED) is 0.423. The maximum Gasteiger partial charge on any atom is 0.277 e. The Hall–Kier alpha value is -1.41. The van der Waals surface area contributed by atoms with E-state index >= 15 is 0 Å². The van der Waals surface area contributed by atoms with Crippen molar-refractivity contribution in [3.8, 4) is 5.75 Å². The van der Waals surface area contributed by atoms with Crippen LogP contribution < -0.4 is 10.2 Å². The molecule has 6 heteroatoms. The molecular formula is C15H12BrIN2O2. The van der Waals surface area contributed by atoms with E-state index in [1.165, 1.54) is 0 Å². The number of hydrazone groups is 1. The molecule has 0 bridgehead atoms. The van der Waals surface area contributed by atoms with Gasteiger partial charge >= 0.3 is 0 Å². The topological polar surface area (TPSA) is 50.7 Å². The van der Waals surface area contributed by atoms with E-state index in [0.717, 1.165) is 13.6 Å². The average molecular weight is 459 g/mol. The first-order chi connectivity index (χ1) is 10.1. The van der Waals surface area contributed by atoms with Gasteiger partial charge < -0.3 is 4.74 Å². The third-order valence-corrected chi connectivity index (χ3v) is 3.58. The number of hydrogen-bond donors (Lipinski definition) is 1. The van der Waals surface area contributed by atoms with Gasteiger partial charge in [0.1, 0.15) is 5.75 Å². The lowest BCUT2D eigenvalue weighted by Gasteiger charge is -2.05. The van der Waals surface area contributed by atoms with Crippen molar-refractivity contribution in [2.75, 3.05) is 6.61 Å². The van der Waals surface area contributed by atoms with Crippen molar-refractivity contribution < 1.29 is 9.53 Å². The Balaban J connectivity index is 1.80. The Morgan fingerprint density at radius 1 is 1.29 bits per heavy atom. The van der Waals surface area contributed by atoms with Crippen molar-refractivity contribution in [1.82, 2.24) is 5.43 Å². The highest BCUT2D eigenvalue weighted by Gasteiger charge is 2.01. The zero-order valence-corrected chi connectivity index (χ0v) is 14.7. The number of rotatable bonds is 5. The molecule has 0 atom stereocenters. The fourth-order valence-electron chi connectivity index (χ4n) is 1.50. The second-order valence-electron chi connectivity index (χ2n) is 4.09. The molecule has 0 unspecified atom stereocenters. The standard InChI is InChI=1S/C15H12BrIN2O2/c16-12-4-2-6-14(8-12)21-10-15(20)19-18-9-11-3-1-5-13(17)7-11/h1-9H,10H2,(H,19,20). The second kappa shape index (κ2) is 8.14. The van der Waals surface area contributed by atoms with Crippen molar-refractivity contribution in [1.29, 1.82) is 0 Å². The Kier molecular flexibility index (Phi) is 6.19. The number of nitrogens with zero attached hydrogens (tertiary/aromatic N) is 1. The summed E-state index contributed by atoms with van der Waals surface area (Å²) in [5, 5.41) is 3.90. The first-order valence-corrected chi connectivity index (χ1v) is 7.96. The number of carbonyl (C=O) groups is 1. The van der Waals surface area contributed by atoms with E-state index in [1.54, 1.807) is 18.3 Å². The molecule has 0 aromatic heterocycles. The molecule has 2 rings (SSSR count). The molecule has 2 aromatic rings. The number of benzene rings is 2. The summed E-state index contributed by atoms with van der Waals surface area (Å²) in [5.41, 5.74) is 3.35. The lowest BCUT2D eigenvalue weighted by atomic mass is 10.2. The van der Waals surface area contributed by atoms with Crippen molar-refractivity contribution in [2.24, 2.45) is 5.10 Å². The van der Waals surface area contributed by atoms with Gasteiger partial charge in [-0.3, -0.25) is 4.79 Å². The van der Waals surface area contributed by atoms with Crippen LogP contribution in [0.25, 0.3) is 0 Å². The molecular weight excluding hydrogens is 447 g/mol. The molecule has 0 aliphatic carbocycles. The van der Waals surface area contributed by atoms with E-state index in [4.69, 9.17) is 4.74 Å². The molecule has 0 aliphatic heterocycles. The molecule has 0 heterocycles. The molecule has 0 aliphatic rings. The molecule has 2 aromatic carbocycles. The van der Waals surface area contributed by atoms with E-state index in [0.29, 0.717) is 5.75 Å². The molecule has 1 amide bonds. The summed E-state index contributed by atoms with van der Waals surface area (Å²) in [6, 6.07) is 15.1. The largest absolute Gasteiger partial charge is 0.484 e. The van der Waals surface area contributed by atoms with Crippen LogP contribution in [0.5, 0.6) is 5.75 Å². The van der Waals surface area contributed by atoms with Gasteiger partial charge in [-0.25, -0.2) is 5.43 Å². The third kappa shape index (κ3) is 5.84. The summed E-state index contributed by atoms with van der Waals surface area (Å²) in [6.07, 6.45) is 1.60. The summed E-state index contributed by atoms with van der Waals surface area (Å²) in [7, 11) is 0. The highest BCUT2D eigenvalue weighted by Crippen LogP contribution is 2.17. The highest BCUT2D eigenvalue weighted by molar-refractivity contribution is 14.1. The van der Waals surface area contributed by atoms with Crippen molar-refractivity contribution in [3.05, 3.63) is 62.1 Å². The van der Waals surface area contributed by atoms with Gasteiger partial charge in [-0.2, -0.15) is 5.10 Å². The maximum absolute atomic E-state index is 11.6.